The van der Waals surface area contributed by atoms with E-state index < -0.39 is 60.2 Å². The zero-order valence-electron chi connectivity index (χ0n) is 33.1. The highest BCUT2D eigenvalue weighted by molar-refractivity contribution is 5.85. The Labute approximate surface area is 326 Å². The van der Waals surface area contributed by atoms with Crippen LogP contribution in [0.25, 0.3) is 0 Å². The van der Waals surface area contributed by atoms with Gasteiger partial charge in [-0.15, -0.1) is 5.10 Å². The lowest BCUT2D eigenvalue weighted by molar-refractivity contribution is -0.310. The first-order chi connectivity index (χ1) is 26.5. The number of carbonyl (C=O) groups excluding carboxylic acids is 5. The van der Waals surface area contributed by atoms with Gasteiger partial charge in [-0.1, -0.05) is 19.1 Å². The molecule has 56 heavy (non-hydrogen) atoms. The fourth-order valence-corrected chi connectivity index (χ4v) is 11.7. The van der Waals surface area contributed by atoms with Crippen LogP contribution < -0.4 is 0 Å². The van der Waals surface area contributed by atoms with E-state index in [4.69, 9.17) is 33.2 Å². The summed E-state index contributed by atoms with van der Waals surface area (Å²) >= 11 is 0. The predicted molar refractivity (Wildman–Crippen MR) is 192 cm³/mol. The number of carbonyl (C=O) groups is 5. The summed E-state index contributed by atoms with van der Waals surface area (Å²) in [5.41, 5.74) is 0.576. The Bertz CT molecular complexity index is 1750. The average molecular weight is 786 g/mol. The molecule has 1 aromatic rings. The van der Waals surface area contributed by atoms with Gasteiger partial charge in [0.1, 0.15) is 25.0 Å². The van der Waals surface area contributed by atoms with Gasteiger partial charge in [0.25, 0.3) is 0 Å². The molecular weight excluding hydrogens is 730 g/mol. The van der Waals surface area contributed by atoms with E-state index in [2.05, 4.69) is 24.2 Å². The summed E-state index contributed by atoms with van der Waals surface area (Å²) in [6.45, 7) is 9.27. The van der Waals surface area contributed by atoms with E-state index in [1.807, 2.05) is 10.9 Å². The molecule has 5 fully saturated rings. The first kappa shape index (κ1) is 40.3. The molecule has 16 nitrogen and oxygen atoms in total. The number of nitrogens with zero attached hydrogens (tertiary/aromatic N) is 3. The minimum absolute atomic E-state index is 0.0852. The van der Waals surface area contributed by atoms with Crippen LogP contribution in [0, 0.1) is 34.5 Å². The molecule has 0 bridgehead atoms. The molecule has 0 aromatic carbocycles. The van der Waals surface area contributed by atoms with Crippen molar-refractivity contribution in [1.29, 1.82) is 0 Å². The Morgan fingerprint density at radius 3 is 2.27 bits per heavy atom. The first-order valence-corrected chi connectivity index (χ1v) is 19.9. The third-order valence-electron chi connectivity index (χ3n) is 14.2. The van der Waals surface area contributed by atoms with Crippen molar-refractivity contribution in [2.24, 2.45) is 34.5 Å². The lowest BCUT2D eigenvalue weighted by atomic mass is 9.43. The van der Waals surface area contributed by atoms with Gasteiger partial charge in [-0.05, 0) is 92.4 Å². The normalized spacial score (nSPS) is 40.3. The highest BCUT2D eigenvalue weighted by Gasteiger charge is 2.67. The summed E-state index contributed by atoms with van der Waals surface area (Å²) in [7, 11) is 0. The largest absolute Gasteiger partial charge is 0.463 e. The lowest BCUT2D eigenvalue weighted by Gasteiger charge is -2.63. The summed E-state index contributed by atoms with van der Waals surface area (Å²) < 4.78 is 41.0. The number of aromatic nitrogens is 3. The van der Waals surface area contributed by atoms with Crippen molar-refractivity contribution in [2.45, 2.75) is 148 Å². The molecule has 1 saturated heterocycles. The fraction of sp³-hybridized carbons (Fsp3) is 0.775. The molecule has 13 atom stereocenters. The van der Waals surface area contributed by atoms with Crippen LogP contribution >= 0.6 is 0 Å². The van der Waals surface area contributed by atoms with Gasteiger partial charge in [0, 0.05) is 39.2 Å². The Morgan fingerprint density at radius 1 is 0.875 bits per heavy atom. The van der Waals surface area contributed by atoms with Crippen LogP contribution in [0.5, 0.6) is 0 Å². The van der Waals surface area contributed by atoms with E-state index in [1.54, 1.807) is 6.08 Å². The average Bonchev–Trinajstić information content (AvgIpc) is 3.85. The molecule has 1 N–H and O–H groups in total. The standard InChI is InChI=1S/C40H55N3O13/c1-21(44)50-20-32-34(53-22(2)45)35(54-23(3)46)36(55-24(4)47)37(56-32)52-19-27-17-43(42-41-27)28-9-12-38(5)26(16-28)7-8-31-30(38)10-13-39(6)29(11-14-40(31,39)49)25-15-33(48)51-18-25/h15,17,26,28-32,34-37,49H,7-14,16,18-20H2,1-6H3/t26-,28+,29-,30+,31-,32-,34-,35+,36-,37-,38+,39-,40+/m1/s1. The Kier molecular flexibility index (Phi) is 11.1. The molecule has 6 aliphatic rings. The van der Waals surface area contributed by atoms with E-state index >= 15 is 0 Å². The fourth-order valence-electron chi connectivity index (χ4n) is 11.7. The number of rotatable bonds is 10. The van der Waals surface area contributed by atoms with Crippen molar-refractivity contribution >= 4 is 29.8 Å². The molecule has 4 saturated carbocycles. The minimum atomic E-state index is -1.33. The van der Waals surface area contributed by atoms with E-state index in [0.717, 1.165) is 77.2 Å². The molecule has 0 spiro atoms. The number of ether oxygens (including phenoxy) is 7. The number of aliphatic hydroxyl groups is 1. The summed E-state index contributed by atoms with van der Waals surface area (Å²) in [5, 5.41) is 21.5. The molecule has 4 aliphatic carbocycles. The maximum Gasteiger partial charge on any atom is 0.331 e. The van der Waals surface area contributed by atoms with Crippen LogP contribution in [-0.4, -0.2) is 99.5 Å². The second kappa shape index (κ2) is 15.5. The smallest absolute Gasteiger partial charge is 0.331 e. The summed E-state index contributed by atoms with van der Waals surface area (Å²) in [6, 6.07) is 0.121. The Hall–Kier alpha value is -3.89. The van der Waals surface area contributed by atoms with Crippen molar-refractivity contribution in [2.75, 3.05) is 13.2 Å². The number of hydrogen-bond donors (Lipinski definition) is 1. The van der Waals surface area contributed by atoms with E-state index in [0.29, 0.717) is 24.1 Å². The highest BCUT2D eigenvalue weighted by atomic mass is 16.7. The SMILES string of the molecule is CC(=O)OC[C@H]1O[C@@H](OCc2cn([C@H]3CC[C@@]4(C)[C@H](CC[C@@H]5[C@@H]4CC[C@]4(C)[C@@H](C6=CC(=O)OC6)CC[C@]54O)C3)nn2)[C@H](OC(C)=O)[C@@H](OC(C)=O)[C@@H]1OC(C)=O. The van der Waals surface area contributed by atoms with Gasteiger partial charge in [0.2, 0.25) is 0 Å². The van der Waals surface area contributed by atoms with Gasteiger partial charge in [-0.3, -0.25) is 19.2 Å². The minimum Gasteiger partial charge on any atom is -0.463 e. The van der Waals surface area contributed by atoms with Crippen molar-refractivity contribution < 1.29 is 62.2 Å². The zero-order valence-corrected chi connectivity index (χ0v) is 33.1. The van der Waals surface area contributed by atoms with Gasteiger partial charge >= 0.3 is 29.8 Å². The van der Waals surface area contributed by atoms with Crippen LogP contribution in [0.3, 0.4) is 0 Å². The molecule has 0 unspecified atom stereocenters. The number of hydrogen-bond acceptors (Lipinski definition) is 15. The topological polar surface area (TPSA) is 201 Å². The van der Waals surface area contributed by atoms with Crippen molar-refractivity contribution in [3.8, 4) is 0 Å². The van der Waals surface area contributed by atoms with Gasteiger partial charge in [-0.2, -0.15) is 0 Å². The second-order valence-corrected chi connectivity index (χ2v) is 17.3. The molecule has 2 aliphatic heterocycles. The van der Waals surface area contributed by atoms with Crippen molar-refractivity contribution in [3.05, 3.63) is 23.5 Å². The third-order valence-corrected chi connectivity index (χ3v) is 14.2. The van der Waals surface area contributed by atoms with Crippen LogP contribution in [0.2, 0.25) is 0 Å². The number of esters is 5. The number of fused-ring (bicyclic) bond motifs is 5. The quantitative estimate of drug-likeness (QED) is 0.266. The van der Waals surface area contributed by atoms with Gasteiger partial charge in [0.05, 0.1) is 24.4 Å². The van der Waals surface area contributed by atoms with Crippen LogP contribution in [-0.2, 0) is 63.7 Å². The van der Waals surface area contributed by atoms with Crippen LogP contribution in [0.15, 0.2) is 17.8 Å². The molecule has 1 aromatic heterocycles. The molecule has 7 rings (SSSR count). The maximum atomic E-state index is 12.6. The summed E-state index contributed by atoms with van der Waals surface area (Å²) in [6.07, 6.45) is 5.58. The third kappa shape index (κ3) is 7.36. The van der Waals surface area contributed by atoms with E-state index in [-0.39, 0.29) is 47.9 Å². The van der Waals surface area contributed by atoms with Crippen LogP contribution in [0.4, 0.5) is 0 Å². The van der Waals surface area contributed by atoms with Gasteiger partial charge in [0.15, 0.2) is 24.6 Å². The molecule has 0 amide bonds. The monoisotopic (exact) mass is 785 g/mol. The Morgan fingerprint density at radius 2 is 1.59 bits per heavy atom. The van der Waals surface area contributed by atoms with E-state index in [1.165, 1.54) is 13.8 Å². The second-order valence-electron chi connectivity index (χ2n) is 17.3. The summed E-state index contributed by atoms with van der Waals surface area (Å²) in [5.74, 6) is -1.79. The van der Waals surface area contributed by atoms with Crippen molar-refractivity contribution in [1.82, 2.24) is 15.0 Å². The van der Waals surface area contributed by atoms with Crippen molar-refractivity contribution in [3.63, 3.8) is 0 Å². The zero-order chi connectivity index (χ0) is 40.2. The summed E-state index contributed by atoms with van der Waals surface area (Å²) in [4.78, 5) is 60.1. The molecule has 3 heterocycles. The predicted octanol–water partition coefficient (Wildman–Crippen LogP) is 3.68. The molecule has 0 radical (unpaired) electrons. The Balaban J connectivity index is 1.02. The van der Waals surface area contributed by atoms with Crippen LogP contribution in [0.1, 0.15) is 111 Å². The lowest BCUT2D eigenvalue weighted by Crippen LogP contribution is -2.62. The molecule has 308 valence electrons. The van der Waals surface area contributed by atoms with E-state index in [9.17, 15) is 29.1 Å². The first-order valence-electron chi connectivity index (χ1n) is 19.9. The molecular formula is C40H55N3O13. The van der Waals surface area contributed by atoms with Gasteiger partial charge < -0.3 is 38.3 Å². The maximum absolute atomic E-state index is 12.6. The molecule has 16 heteroatoms. The highest BCUT2D eigenvalue weighted by Crippen LogP contribution is 2.70. The van der Waals surface area contributed by atoms with Gasteiger partial charge in [-0.25, -0.2) is 9.48 Å². The number of cyclic esters (lactones) is 1.